The molecule has 0 amide bonds. The second-order valence-corrected chi connectivity index (χ2v) is 19.5. The molecule has 314 valence electrons. The minimum Gasteiger partial charge on any atom is -0.369 e. The van der Waals surface area contributed by atoms with Crippen LogP contribution >= 0.6 is 0 Å². The fourth-order valence-electron chi connectivity index (χ4n) is 11.0. The normalized spacial score (nSPS) is 27.6. The smallest absolute Gasteiger partial charge is 0.129 e. The third-order valence-corrected chi connectivity index (χ3v) is 15.5. The lowest BCUT2D eigenvalue weighted by atomic mass is 10.0. The fraction of sp³-hybridized carbons (Fsp3) is 0.958. The Kier molecular flexibility index (Phi) is 22.5. The first kappa shape index (κ1) is 46.0. The molecule has 6 aliphatic rings. The largest absolute Gasteiger partial charge is 0.369 e. The molecule has 0 aromatic rings. The Morgan fingerprint density at radius 3 is 1.06 bits per heavy atom. The number of hydrogen-bond donors (Lipinski definition) is 0. The number of fused-ring (bicyclic) bond motifs is 6. The van der Waals surface area contributed by atoms with E-state index in [1.54, 1.807) is 0 Å². The van der Waals surface area contributed by atoms with Crippen LogP contribution < -0.4 is 0 Å². The lowest BCUT2D eigenvalue weighted by Crippen LogP contribution is -2.76. The van der Waals surface area contributed by atoms with Crippen LogP contribution in [0.5, 0.6) is 0 Å². The van der Waals surface area contributed by atoms with Gasteiger partial charge in [0.05, 0.1) is 26.2 Å². The third kappa shape index (κ3) is 16.7. The topological polar surface area (TPSA) is 12.5 Å². The zero-order valence-corrected chi connectivity index (χ0v) is 36.8. The zero-order valence-electron chi connectivity index (χ0n) is 36.8. The summed E-state index contributed by atoms with van der Waals surface area (Å²) in [6.45, 7) is 32.9. The van der Waals surface area contributed by atoms with E-state index in [-0.39, 0.29) is 0 Å². The third-order valence-electron chi connectivity index (χ3n) is 15.5. The van der Waals surface area contributed by atoms with Crippen molar-refractivity contribution in [3.63, 3.8) is 0 Å². The molecule has 6 saturated heterocycles. The molecule has 4 bridgehead atoms. The number of nitrogens with zero attached hydrogens (tertiary/aromatic N) is 5. The van der Waals surface area contributed by atoms with Crippen molar-refractivity contribution in [3.8, 4) is 12.3 Å². The van der Waals surface area contributed by atoms with Gasteiger partial charge >= 0.3 is 0 Å². The van der Waals surface area contributed by atoms with Gasteiger partial charge in [-0.25, -0.2) is 0 Å². The van der Waals surface area contributed by atoms with Gasteiger partial charge in [0.1, 0.15) is 85.1 Å². The molecule has 6 heteroatoms. The van der Waals surface area contributed by atoms with Crippen molar-refractivity contribution in [2.45, 2.75) is 162 Å². The van der Waals surface area contributed by atoms with Crippen molar-refractivity contribution in [1.29, 1.82) is 0 Å². The Morgan fingerprint density at radius 2 is 0.704 bits per heavy atom. The molecule has 54 heavy (non-hydrogen) atoms. The Hall–Kier alpha value is -0.680. The van der Waals surface area contributed by atoms with Gasteiger partial charge in [-0.05, 0) is 51.5 Å². The second-order valence-electron chi connectivity index (χ2n) is 19.5. The molecule has 0 atom stereocenters. The van der Waals surface area contributed by atoms with Crippen LogP contribution in [0.15, 0.2) is 0 Å². The van der Waals surface area contributed by atoms with Gasteiger partial charge < -0.3 is 22.7 Å². The van der Waals surface area contributed by atoms with Gasteiger partial charge in [-0.15, -0.1) is 6.42 Å². The number of ether oxygens (including phenoxy) is 1. The lowest BCUT2D eigenvalue weighted by Gasteiger charge is -2.56. The standard InChI is InChI=1S/C48H95N5O/c1-4-7-9-11-13-15-17-19-21-25-31-50-35-41-52(42-36-50,43-37-50)33-29-49(28-24-23-27-48-54-47-6-3)30-34-53-44-38-51(39-45-53,40-46-53)32-26-22-20-18-16-14-12-10-8-5-2/h3H,4-5,7-48H2,1-2H3/q+4. The van der Waals surface area contributed by atoms with E-state index in [0.717, 1.165) is 13.0 Å². The molecule has 6 nitrogen and oxygen atoms in total. The number of piperazine rings is 6. The van der Waals surface area contributed by atoms with E-state index in [1.807, 2.05) is 0 Å². The highest BCUT2D eigenvalue weighted by atomic mass is 16.5. The van der Waals surface area contributed by atoms with Crippen LogP contribution in [0.25, 0.3) is 0 Å². The summed E-state index contributed by atoms with van der Waals surface area (Å²) in [4.78, 5) is 2.92. The molecule has 0 N–H and O–H groups in total. The first-order valence-electron chi connectivity index (χ1n) is 24.6. The van der Waals surface area contributed by atoms with Gasteiger partial charge in [0.15, 0.2) is 0 Å². The Labute approximate surface area is 338 Å². The van der Waals surface area contributed by atoms with Gasteiger partial charge in [-0.1, -0.05) is 123 Å². The SMILES string of the molecule is C#CCOCCCCCN(CC[N+]12CC[N+](CCCCCCCCCCCC)(CC1)CC2)CC[N+]12CC[N+](CCCCCCCCCCCC)(CC1)CC2. The molecule has 6 rings (SSSR count). The number of unbranched alkanes of at least 4 members (excludes halogenated alkanes) is 20. The first-order valence-corrected chi connectivity index (χ1v) is 24.6. The molecule has 6 fully saturated rings. The predicted molar refractivity (Wildman–Crippen MR) is 233 cm³/mol. The summed E-state index contributed by atoms with van der Waals surface area (Å²) in [5.74, 6) is 2.62. The number of hydrogen-bond acceptors (Lipinski definition) is 2. The highest BCUT2D eigenvalue weighted by Gasteiger charge is 2.50. The Balaban J connectivity index is 1.13. The molecule has 0 aromatic carbocycles. The van der Waals surface area contributed by atoms with Crippen LogP contribution in [0, 0.1) is 12.3 Å². The average Bonchev–Trinajstić information content (AvgIpc) is 3.21. The van der Waals surface area contributed by atoms with Gasteiger partial charge in [0.25, 0.3) is 0 Å². The molecule has 0 saturated carbocycles. The van der Waals surface area contributed by atoms with Gasteiger partial charge in [0.2, 0.25) is 0 Å². The van der Waals surface area contributed by atoms with Gasteiger partial charge in [0, 0.05) is 19.7 Å². The van der Waals surface area contributed by atoms with Gasteiger partial charge in [-0.2, -0.15) is 0 Å². The number of quaternary nitrogens is 4. The monoisotopic (exact) mass is 758 g/mol. The number of terminal acetylenes is 1. The van der Waals surface area contributed by atoms with Crippen LogP contribution in [-0.2, 0) is 4.74 Å². The maximum Gasteiger partial charge on any atom is 0.129 e. The van der Waals surface area contributed by atoms with E-state index < -0.39 is 0 Å². The van der Waals surface area contributed by atoms with E-state index in [2.05, 4.69) is 24.7 Å². The summed E-state index contributed by atoms with van der Waals surface area (Å²) in [6, 6.07) is 0. The summed E-state index contributed by atoms with van der Waals surface area (Å²) in [5.41, 5.74) is 0. The molecule has 6 aliphatic heterocycles. The highest BCUT2D eigenvalue weighted by Crippen LogP contribution is 2.29. The van der Waals surface area contributed by atoms with Crippen LogP contribution in [-0.4, -0.2) is 160 Å². The van der Waals surface area contributed by atoms with E-state index in [0.29, 0.717) is 6.61 Å². The van der Waals surface area contributed by atoms with Crippen LogP contribution in [0.1, 0.15) is 162 Å². The Morgan fingerprint density at radius 1 is 0.389 bits per heavy atom. The minimum absolute atomic E-state index is 0.463. The molecule has 0 aliphatic carbocycles. The summed E-state index contributed by atoms with van der Waals surface area (Å²) >= 11 is 0. The first-order chi connectivity index (χ1) is 26.5. The van der Waals surface area contributed by atoms with E-state index in [1.165, 1.54) is 284 Å². The summed E-state index contributed by atoms with van der Waals surface area (Å²) in [5, 5.41) is 0. The quantitative estimate of drug-likeness (QED) is 0.0363. The van der Waals surface area contributed by atoms with E-state index in [4.69, 9.17) is 11.2 Å². The number of rotatable bonds is 35. The predicted octanol–water partition coefficient (Wildman–Crippen LogP) is 9.27. The molecular formula is C48H95N5O+4. The van der Waals surface area contributed by atoms with E-state index in [9.17, 15) is 0 Å². The molecule has 0 unspecified atom stereocenters. The molecule has 6 heterocycles. The minimum atomic E-state index is 0.463. The molecule has 0 aromatic heterocycles. The summed E-state index contributed by atoms with van der Waals surface area (Å²) in [6.07, 6.45) is 38.2. The summed E-state index contributed by atoms with van der Waals surface area (Å²) < 4.78 is 11.4. The average molecular weight is 758 g/mol. The zero-order chi connectivity index (χ0) is 38.1. The summed E-state index contributed by atoms with van der Waals surface area (Å²) in [7, 11) is 0. The van der Waals surface area contributed by atoms with Crippen molar-refractivity contribution in [2.24, 2.45) is 0 Å². The maximum atomic E-state index is 5.59. The maximum absolute atomic E-state index is 5.59. The van der Waals surface area contributed by atoms with Crippen molar-refractivity contribution in [3.05, 3.63) is 0 Å². The van der Waals surface area contributed by atoms with Gasteiger partial charge in [-0.3, -0.25) is 4.90 Å². The fourth-order valence-corrected chi connectivity index (χ4v) is 11.0. The molecule has 0 spiro atoms. The van der Waals surface area contributed by atoms with Crippen LogP contribution in [0.3, 0.4) is 0 Å². The second kappa shape index (κ2) is 26.3. The lowest BCUT2D eigenvalue weighted by molar-refractivity contribution is -1.08. The van der Waals surface area contributed by atoms with Crippen LogP contribution in [0.4, 0.5) is 0 Å². The van der Waals surface area contributed by atoms with Crippen molar-refractivity contribution < 1.29 is 22.7 Å². The van der Waals surface area contributed by atoms with Crippen LogP contribution in [0.2, 0.25) is 0 Å². The van der Waals surface area contributed by atoms with Crippen molar-refractivity contribution >= 4 is 0 Å². The van der Waals surface area contributed by atoms with Crippen molar-refractivity contribution in [2.75, 3.05) is 138 Å². The Bertz CT molecular complexity index is 881. The van der Waals surface area contributed by atoms with E-state index >= 15 is 0 Å². The highest BCUT2D eigenvalue weighted by molar-refractivity contribution is 4.82. The molecule has 0 radical (unpaired) electrons. The molecular weight excluding hydrogens is 663 g/mol. The van der Waals surface area contributed by atoms with Crippen molar-refractivity contribution in [1.82, 2.24) is 4.90 Å².